The average Bonchev–Trinajstić information content (AvgIpc) is 2.36. The molecule has 1 rings (SSSR count). The zero-order valence-electron chi connectivity index (χ0n) is 13.5. The highest BCUT2D eigenvalue weighted by Crippen LogP contribution is 2.30. The summed E-state index contributed by atoms with van der Waals surface area (Å²) in [6.45, 7) is 12.7. The van der Waals surface area contributed by atoms with E-state index < -0.39 is 0 Å². The highest BCUT2D eigenvalue weighted by molar-refractivity contribution is 5.55. The van der Waals surface area contributed by atoms with Gasteiger partial charge in [-0.3, -0.25) is 0 Å². The van der Waals surface area contributed by atoms with Gasteiger partial charge in [-0.15, -0.1) is 0 Å². The number of anilines is 1. The zero-order valence-corrected chi connectivity index (χ0v) is 13.5. The molecule has 0 saturated carbocycles. The van der Waals surface area contributed by atoms with Gasteiger partial charge in [-0.05, 0) is 48.4 Å². The summed E-state index contributed by atoms with van der Waals surface area (Å²) < 4.78 is 11.4. The van der Waals surface area contributed by atoms with Crippen molar-refractivity contribution in [2.75, 3.05) is 25.6 Å². The highest BCUT2D eigenvalue weighted by atomic mass is 16.5. The molecule has 0 heterocycles. The fourth-order valence-electron chi connectivity index (χ4n) is 1.92. The summed E-state index contributed by atoms with van der Waals surface area (Å²) in [6, 6.07) is 4.05. The number of hydrogen-bond acceptors (Lipinski definition) is 3. The Morgan fingerprint density at radius 3 is 2.35 bits per heavy atom. The van der Waals surface area contributed by atoms with Crippen LogP contribution < -0.4 is 10.5 Å². The first kappa shape index (κ1) is 16.8. The molecule has 0 fully saturated rings. The largest absolute Gasteiger partial charge is 0.491 e. The molecule has 0 bridgehead atoms. The molecule has 0 radical (unpaired) electrons. The van der Waals surface area contributed by atoms with Crippen LogP contribution in [0.25, 0.3) is 0 Å². The zero-order chi connectivity index (χ0) is 15.1. The van der Waals surface area contributed by atoms with E-state index in [2.05, 4.69) is 27.7 Å². The van der Waals surface area contributed by atoms with Crippen LogP contribution in [-0.4, -0.2) is 19.8 Å². The molecule has 0 atom stereocenters. The van der Waals surface area contributed by atoms with Gasteiger partial charge in [0.15, 0.2) is 0 Å². The number of hydrogen-bond donors (Lipinski definition) is 1. The van der Waals surface area contributed by atoms with Crippen molar-refractivity contribution < 1.29 is 9.47 Å². The summed E-state index contributed by atoms with van der Waals surface area (Å²) in [5.41, 5.74) is 9.02. The van der Waals surface area contributed by atoms with Crippen LogP contribution in [0.2, 0.25) is 0 Å². The minimum absolute atomic E-state index is 0.398. The van der Waals surface area contributed by atoms with Crippen molar-refractivity contribution in [1.82, 2.24) is 0 Å². The van der Waals surface area contributed by atoms with Crippen molar-refractivity contribution in [2.24, 2.45) is 5.92 Å². The van der Waals surface area contributed by atoms with E-state index in [-0.39, 0.29) is 0 Å². The summed E-state index contributed by atoms with van der Waals surface area (Å²) in [5, 5.41) is 0. The highest BCUT2D eigenvalue weighted by Gasteiger charge is 2.10. The topological polar surface area (TPSA) is 44.5 Å². The number of aryl methyl sites for hydroxylation is 1. The first-order chi connectivity index (χ1) is 9.41. The maximum Gasteiger partial charge on any atom is 0.123 e. The number of nitrogen functional groups attached to an aromatic ring is 1. The molecule has 0 aliphatic rings. The van der Waals surface area contributed by atoms with Crippen LogP contribution in [0.5, 0.6) is 5.75 Å². The van der Waals surface area contributed by atoms with Crippen LogP contribution >= 0.6 is 0 Å². The SMILES string of the molecule is Cc1cc(OCCOCCC(C)C)c(C(C)C)cc1N. The summed E-state index contributed by atoms with van der Waals surface area (Å²) in [4.78, 5) is 0. The van der Waals surface area contributed by atoms with Gasteiger partial charge in [0.25, 0.3) is 0 Å². The Morgan fingerprint density at radius 1 is 1.05 bits per heavy atom. The monoisotopic (exact) mass is 279 g/mol. The normalized spacial score (nSPS) is 11.3. The van der Waals surface area contributed by atoms with Gasteiger partial charge in [-0.1, -0.05) is 27.7 Å². The Morgan fingerprint density at radius 2 is 1.75 bits per heavy atom. The molecular weight excluding hydrogens is 250 g/mol. The predicted octanol–water partition coefficient (Wildman–Crippen LogP) is 4.14. The van der Waals surface area contributed by atoms with E-state index in [9.17, 15) is 0 Å². The van der Waals surface area contributed by atoms with E-state index in [0.717, 1.165) is 35.6 Å². The average molecular weight is 279 g/mol. The molecule has 0 aliphatic carbocycles. The minimum Gasteiger partial charge on any atom is -0.491 e. The Kier molecular flexibility index (Phi) is 6.86. The molecule has 0 spiro atoms. The van der Waals surface area contributed by atoms with Crippen LogP contribution in [0.1, 0.15) is 51.2 Å². The summed E-state index contributed by atoms with van der Waals surface area (Å²) in [6.07, 6.45) is 1.10. The number of rotatable bonds is 8. The van der Waals surface area contributed by atoms with Crippen molar-refractivity contribution >= 4 is 5.69 Å². The minimum atomic E-state index is 0.398. The Hall–Kier alpha value is -1.22. The van der Waals surface area contributed by atoms with E-state index in [0.29, 0.717) is 25.0 Å². The lowest BCUT2D eigenvalue weighted by molar-refractivity contribution is 0.0922. The predicted molar refractivity (Wildman–Crippen MR) is 85.4 cm³/mol. The van der Waals surface area contributed by atoms with Gasteiger partial charge in [0, 0.05) is 12.3 Å². The second-order valence-corrected chi connectivity index (χ2v) is 6.04. The maximum atomic E-state index is 5.97. The lowest BCUT2D eigenvalue weighted by Gasteiger charge is -2.16. The molecule has 20 heavy (non-hydrogen) atoms. The van der Waals surface area contributed by atoms with Crippen LogP contribution in [-0.2, 0) is 4.74 Å². The first-order valence-corrected chi connectivity index (χ1v) is 7.52. The molecule has 0 aliphatic heterocycles. The fraction of sp³-hybridized carbons (Fsp3) is 0.647. The van der Waals surface area contributed by atoms with E-state index >= 15 is 0 Å². The summed E-state index contributed by atoms with van der Waals surface area (Å²) in [7, 11) is 0. The molecule has 0 saturated heterocycles. The number of nitrogens with two attached hydrogens (primary N) is 1. The lowest BCUT2D eigenvalue weighted by Crippen LogP contribution is -2.10. The maximum absolute atomic E-state index is 5.97. The van der Waals surface area contributed by atoms with E-state index in [1.807, 2.05) is 19.1 Å². The first-order valence-electron chi connectivity index (χ1n) is 7.52. The van der Waals surface area contributed by atoms with Gasteiger partial charge >= 0.3 is 0 Å². The summed E-state index contributed by atoms with van der Waals surface area (Å²) >= 11 is 0. The molecular formula is C17H29NO2. The van der Waals surface area contributed by atoms with Crippen LogP contribution in [0.15, 0.2) is 12.1 Å². The van der Waals surface area contributed by atoms with Crippen molar-refractivity contribution in [2.45, 2.75) is 47.0 Å². The van der Waals surface area contributed by atoms with E-state index in [1.165, 1.54) is 0 Å². The molecule has 0 aromatic heterocycles. The summed E-state index contributed by atoms with van der Waals surface area (Å²) in [5.74, 6) is 2.01. The quantitative estimate of drug-likeness (QED) is 0.574. The van der Waals surface area contributed by atoms with Gasteiger partial charge in [-0.2, -0.15) is 0 Å². The van der Waals surface area contributed by atoms with Crippen LogP contribution in [0.3, 0.4) is 0 Å². The molecule has 2 N–H and O–H groups in total. The third-order valence-electron chi connectivity index (χ3n) is 3.35. The van der Waals surface area contributed by atoms with Gasteiger partial charge in [-0.25, -0.2) is 0 Å². The molecule has 0 amide bonds. The molecule has 114 valence electrons. The van der Waals surface area contributed by atoms with Crippen molar-refractivity contribution in [3.8, 4) is 5.75 Å². The van der Waals surface area contributed by atoms with Gasteiger partial charge < -0.3 is 15.2 Å². The van der Waals surface area contributed by atoms with Gasteiger partial charge in [0.1, 0.15) is 12.4 Å². The number of benzene rings is 1. The second kappa shape index (κ2) is 8.15. The van der Waals surface area contributed by atoms with Crippen molar-refractivity contribution in [1.29, 1.82) is 0 Å². The van der Waals surface area contributed by atoms with Crippen LogP contribution in [0.4, 0.5) is 5.69 Å². The molecule has 3 heteroatoms. The Labute approximate surface area is 123 Å². The molecule has 1 aromatic carbocycles. The molecule has 1 aromatic rings. The smallest absolute Gasteiger partial charge is 0.123 e. The van der Waals surface area contributed by atoms with E-state index in [1.54, 1.807) is 0 Å². The van der Waals surface area contributed by atoms with E-state index in [4.69, 9.17) is 15.2 Å². The van der Waals surface area contributed by atoms with Crippen LogP contribution in [0, 0.1) is 12.8 Å². The third kappa shape index (κ3) is 5.41. The molecule has 3 nitrogen and oxygen atoms in total. The standard InChI is InChI=1S/C17H29NO2/c1-12(2)6-7-19-8-9-20-17-10-14(5)16(18)11-15(17)13(3)4/h10-13H,6-9,18H2,1-5H3. The Bertz CT molecular complexity index is 414. The van der Waals surface area contributed by atoms with Crippen molar-refractivity contribution in [3.05, 3.63) is 23.3 Å². The second-order valence-electron chi connectivity index (χ2n) is 6.04. The van der Waals surface area contributed by atoms with Crippen molar-refractivity contribution in [3.63, 3.8) is 0 Å². The number of ether oxygens (including phenoxy) is 2. The fourth-order valence-corrected chi connectivity index (χ4v) is 1.92. The Balaban J connectivity index is 2.49. The third-order valence-corrected chi connectivity index (χ3v) is 3.35. The van der Waals surface area contributed by atoms with Gasteiger partial charge in [0.05, 0.1) is 6.61 Å². The molecule has 0 unspecified atom stereocenters. The lowest BCUT2D eigenvalue weighted by atomic mass is 9.99. The van der Waals surface area contributed by atoms with Gasteiger partial charge in [0.2, 0.25) is 0 Å².